The number of ether oxygens (including phenoxy) is 4. The normalized spacial score (nSPS) is 15.8. The van der Waals surface area contributed by atoms with E-state index in [1.165, 1.54) is 0 Å². The highest BCUT2D eigenvalue weighted by molar-refractivity contribution is 6.32. The molecule has 1 aliphatic carbocycles. The Bertz CT molecular complexity index is 1400. The Kier molecular flexibility index (Phi) is 11.7. The minimum Gasteiger partial charge on any atom is -0.496 e. The number of hydrogen-bond donors (Lipinski definition) is 0. The predicted octanol–water partition coefficient (Wildman–Crippen LogP) is 5.29. The third-order valence-corrected chi connectivity index (χ3v) is 8.21. The second-order valence-electron chi connectivity index (χ2n) is 12.7. The SMILES string of the molecule is CCCCOc1nc(Cl)c(C=O)c(N(CC(=O)OCC)Cc2ccc(CN3CCN(C(=O)OC(C)(C)C)C4(CC4)C3)cc2OC)n1. The largest absolute Gasteiger partial charge is 0.496 e. The van der Waals surface area contributed by atoms with Crippen molar-refractivity contribution in [2.24, 2.45) is 0 Å². The van der Waals surface area contributed by atoms with E-state index < -0.39 is 11.6 Å². The van der Waals surface area contributed by atoms with Gasteiger partial charge in [0.15, 0.2) is 6.29 Å². The number of hydrogen-bond acceptors (Lipinski definition) is 11. The molecule has 0 N–H and O–H groups in total. The summed E-state index contributed by atoms with van der Waals surface area (Å²) in [4.78, 5) is 52.2. The number of nitrogens with zero attached hydrogens (tertiary/aromatic N) is 5. The van der Waals surface area contributed by atoms with Crippen LogP contribution in [0, 0.1) is 0 Å². The van der Waals surface area contributed by atoms with Gasteiger partial charge in [0, 0.05) is 38.3 Å². The molecule has 2 fully saturated rings. The minimum atomic E-state index is -0.534. The Balaban J connectivity index is 1.54. The highest BCUT2D eigenvalue weighted by Crippen LogP contribution is 2.45. The van der Waals surface area contributed by atoms with Crippen LogP contribution in [-0.2, 0) is 27.4 Å². The molecular weight excluding hydrogens is 614 g/mol. The smallest absolute Gasteiger partial charge is 0.410 e. The molecule has 0 unspecified atom stereocenters. The van der Waals surface area contributed by atoms with Crippen molar-refractivity contribution < 1.29 is 33.3 Å². The maximum Gasteiger partial charge on any atom is 0.410 e. The van der Waals surface area contributed by atoms with E-state index in [1.54, 1.807) is 18.9 Å². The monoisotopic (exact) mass is 659 g/mol. The summed E-state index contributed by atoms with van der Waals surface area (Å²) in [5.74, 6) is 0.294. The number of aldehydes is 1. The van der Waals surface area contributed by atoms with Gasteiger partial charge in [-0.1, -0.05) is 37.1 Å². The number of halogens is 1. The maximum atomic E-state index is 12.9. The molecule has 1 saturated heterocycles. The molecule has 4 rings (SSSR count). The molecule has 1 spiro atoms. The first kappa shape index (κ1) is 35.2. The van der Waals surface area contributed by atoms with Crippen molar-refractivity contribution in [2.45, 2.75) is 84.5 Å². The van der Waals surface area contributed by atoms with Gasteiger partial charge in [-0.15, -0.1) is 0 Å². The average Bonchev–Trinajstić information content (AvgIpc) is 3.75. The first-order chi connectivity index (χ1) is 21.9. The topological polar surface area (TPSA) is 124 Å². The van der Waals surface area contributed by atoms with Crippen molar-refractivity contribution in [3.8, 4) is 11.8 Å². The summed E-state index contributed by atoms with van der Waals surface area (Å²) in [6.45, 7) is 12.8. The Morgan fingerprint density at radius 2 is 1.91 bits per heavy atom. The molecule has 1 saturated carbocycles. The zero-order valence-electron chi connectivity index (χ0n) is 27.8. The van der Waals surface area contributed by atoms with Crippen LogP contribution in [0.5, 0.6) is 11.8 Å². The number of aromatic nitrogens is 2. The molecule has 252 valence electrons. The summed E-state index contributed by atoms with van der Waals surface area (Å²) in [7, 11) is 1.59. The van der Waals surface area contributed by atoms with Gasteiger partial charge in [-0.05, 0) is 58.6 Å². The molecule has 1 amide bonds. The van der Waals surface area contributed by atoms with Crippen molar-refractivity contribution >= 4 is 35.8 Å². The maximum absolute atomic E-state index is 12.9. The average molecular weight is 660 g/mol. The Labute approximate surface area is 276 Å². The number of esters is 1. The van der Waals surface area contributed by atoms with E-state index >= 15 is 0 Å². The van der Waals surface area contributed by atoms with Gasteiger partial charge in [0.2, 0.25) is 0 Å². The number of rotatable bonds is 14. The third-order valence-electron chi connectivity index (χ3n) is 7.92. The number of amides is 1. The zero-order valence-corrected chi connectivity index (χ0v) is 28.5. The Hall–Kier alpha value is -3.64. The first-order valence-corrected chi connectivity index (χ1v) is 16.2. The predicted molar refractivity (Wildman–Crippen MR) is 174 cm³/mol. The molecule has 1 aliphatic heterocycles. The molecule has 0 bridgehead atoms. The molecule has 1 aromatic heterocycles. The van der Waals surface area contributed by atoms with E-state index in [-0.39, 0.29) is 53.9 Å². The highest BCUT2D eigenvalue weighted by atomic mass is 35.5. The molecule has 46 heavy (non-hydrogen) atoms. The number of methoxy groups -OCH3 is 1. The van der Waals surface area contributed by atoms with Gasteiger partial charge in [-0.3, -0.25) is 19.4 Å². The number of carbonyl (C=O) groups excluding carboxylic acids is 3. The first-order valence-electron chi connectivity index (χ1n) is 15.9. The summed E-state index contributed by atoms with van der Waals surface area (Å²) < 4.78 is 22.4. The summed E-state index contributed by atoms with van der Waals surface area (Å²) >= 11 is 6.38. The quantitative estimate of drug-likeness (QED) is 0.114. The third kappa shape index (κ3) is 9.00. The number of anilines is 1. The number of unbranched alkanes of at least 4 members (excludes halogenated alkanes) is 1. The van der Waals surface area contributed by atoms with E-state index in [0.29, 0.717) is 31.7 Å². The summed E-state index contributed by atoms with van der Waals surface area (Å²) in [5.41, 5.74) is 1.15. The van der Waals surface area contributed by atoms with Gasteiger partial charge in [-0.2, -0.15) is 9.97 Å². The second kappa shape index (κ2) is 15.3. The van der Waals surface area contributed by atoms with E-state index in [9.17, 15) is 14.4 Å². The lowest BCUT2D eigenvalue weighted by atomic mass is 10.1. The molecule has 2 heterocycles. The van der Waals surface area contributed by atoms with Gasteiger partial charge < -0.3 is 23.8 Å². The van der Waals surface area contributed by atoms with Gasteiger partial charge in [-0.25, -0.2) is 4.79 Å². The van der Waals surface area contributed by atoms with Gasteiger partial charge >= 0.3 is 18.1 Å². The number of piperazine rings is 1. The van der Waals surface area contributed by atoms with Gasteiger partial charge in [0.1, 0.15) is 28.9 Å². The molecule has 0 radical (unpaired) electrons. The summed E-state index contributed by atoms with van der Waals surface area (Å²) in [6.07, 6.45) is 3.96. The number of carbonyl (C=O) groups is 3. The molecule has 2 aliphatic rings. The van der Waals surface area contributed by atoms with Crippen LogP contribution in [0.25, 0.3) is 0 Å². The molecule has 13 heteroatoms. The van der Waals surface area contributed by atoms with Crippen LogP contribution in [0.4, 0.5) is 10.6 Å². The van der Waals surface area contributed by atoms with Crippen LogP contribution in [-0.4, -0.2) is 95.8 Å². The lowest BCUT2D eigenvalue weighted by Crippen LogP contribution is -2.57. The fourth-order valence-electron chi connectivity index (χ4n) is 5.55. The van der Waals surface area contributed by atoms with Crippen LogP contribution in [0.15, 0.2) is 18.2 Å². The van der Waals surface area contributed by atoms with E-state index in [4.69, 9.17) is 30.5 Å². The summed E-state index contributed by atoms with van der Waals surface area (Å²) in [6, 6.07) is 5.96. The van der Waals surface area contributed by atoms with E-state index in [1.807, 2.05) is 50.8 Å². The highest BCUT2D eigenvalue weighted by Gasteiger charge is 2.54. The van der Waals surface area contributed by atoms with Crippen LogP contribution in [0.3, 0.4) is 0 Å². The van der Waals surface area contributed by atoms with E-state index in [2.05, 4.69) is 14.9 Å². The Morgan fingerprint density at radius 3 is 2.54 bits per heavy atom. The van der Waals surface area contributed by atoms with Crippen molar-refractivity contribution in [3.05, 3.63) is 40.0 Å². The van der Waals surface area contributed by atoms with Crippen molar-refractivity contribution in [2.75, 3.05) is 51.4 Å². The minimum absolute atomic E-state index is 0.0235. The molecule has 0 atom stereocenters. The fraction of sp³-hybridized carbons (Fsp3) is 0.606. The fourth-order valence-corrected chi connectivity index (χ4v) is 5.75. The van der Waals surface area contributed by atoms with Crippen LogP contribution < -0.4 is 14.4 Å². The van der Waals surface area contributed by atoms with Crippen LogP contribution >= 0.6 is 11.6 Å². The summed E-state index contributed by atoms with van der Waals surface area (Å²) in [5, 5.41) is -0.0668. The lowest BCUT2D eigenvalue weighted by Gasteiger charge is -2.42. The van der Waals surface area contributed by atoms with Crippen molar-refractivity contribution in [3.63, 3.8) is 0 Å². The standard InChI is InChI=1S/C33H46ClN5O7/c1-7-9-16-45-30-35-28(34)25(21-40)29(36-30)38(20-27(41)44-8-2)19-24-11-10-23(17-26(24)43-6)18-37-14-15-39(33(22-37)12-13-33)31(42)46-32(3,4)5/h10-11,17,21H,7-9,12-16,18-20,22H2,1-6H3. The zero-order chi connectivity index (χ0) is 33.5. The van der Waals surface area contributed by atoms with Gasteiger partial charge in [0.05, 0.1) is 31.4 Å². The second-order valence-corrected chi connectivity index (χ2v) is 13.1. The van der Waals surface area contributed by atoms with E-state index in [0.717, 1.165) is 49.9 Å². The molecule has 1 aromatic carbocycles. The van der Waals surface area contributed by atoms with Gasteiger partial charge in [0.25, 0.3) is 0 Å². The lowest BCUT2D eigenvalue weighted by molar-refractivity contribution is -0.141. The number of benzene rings is 1. The molecule has 2 aromatic rings. The molecular formula is C33H46ClN5O7. The van der Waals surface area contributed by atoms with Crippen LogP contribution in [0.2, 0.25) is 5.15 Å². The van der Waals surface area contributed by atoms with Crippen molar-refractivity contribution in [1.82, 2.24) is 19.8 Å². The Morgan fingerprint density at radius 1 is 1.15 bits per heavy atom. The van der Waals surface area contributed by atoms with Crippen molar-refractivity contribution in [1.29, 1.82) is 0 Å². The van der Waals surface area contributed by atoms with Crippen LogP contribution in [0.1, 0.15) is 81.8 Å². The molecule has 12 nitrogen and oxygen atoms in total.